The van der Waals surface area contributed by atoms with Crippen molar-refractivity contribution in [1.29, 1.82) is 0 Å². The predicted octanol–water partition coefficient (Wildman–Crippen LogP) is 4.65. The fraction of sp³-hybridized carbons (Fsp3) is 0. The van der Waals surface area contributed by atoms with Gasteiger partial charge in [-0.2, -0.15) is 0 Å². The van der Waals surface area contributed by atoms with Gasteiger partial charge in [0.05, 0.1) is 32.2 Å². The zero-order chi connectivity index (χ0) is 27.3. The van der Waals surface area contributed by atoms with Crippen LogP contribution in [-0.4, -0.2) is 37.2 Å². The third-order valence-electron chi connectivity index (χ3n) is 6.98. The largest absolute Gasteiger partial charge is 0.478 e. The van der Waals surface area contributed by atoms with Crippen LogP contribution in [0.4, 0.5) is 11.4 Å². The minimum atomic E-state index is -1.25. The van der Waals surface area contributed by atoms with E-state index in [2.05, 4.69) is 4.98 Å². The molecule has 1 N–H and O–H groups in total. The van der Waals surface area contributed by atoms with Gasteiger partial charge in [0, 0.05) is 44.8 Å². The molecule has 0 radical (unpaired) electrons. The van der Waals surface area contributed by atoms with E-state index in [1.807, 2.05) is 0 Å². The number of fused-ring (bicyclic) bond motifs is 4. The summed E-state index contributed by atoms with van der Waals surface area (Å²) in [6, 6.07) is 13.7. The second-order valence-electron chi connectivity index (χ2n) is 8.99. The SMILES string of the molecule is O=C(O)c1ccc(Cl)c(N2C(=O)c3ccc4c(=O)n5c6cc([N+](=O)[O-])ccc6nc5c5ccc(c3c45)C2=O)c1. The number of carbonyl (C=O) groups excluding carboxylic acids is 2. The molecule has 0 saturated heterocycles. The van der Waals surface area contributed by atoms with Crippen LogP contribution in [0.2, 0.25) is 5.02 Å². The highest BCUT2D eigenvalue weighted by molar-refractivity contribution is 6.42. The van der Waals surface area contributed by atoms with E-state index in [1.165, 1.54) is 52.9 Å². The Balaban J connectivity index is 1.54. The van der Waals surface area contributed by atoms with Crippen molar-refractivity contribution < 1.29 is 24.4 Å². The number of carboxylic acid groups (broad SMARTS) is 1. The molecule has 0 fully saturated rings. The molecule has 2 amide bonds. The number of aromatic carboxylic acids is 1. The second-order valence-corrected chi connectivity index (χ2v) is 9.40. The first-order chi connectivity index (χ1) is 18.7. The molecule has 0 saturated carbocycles. The third kappa shape index (κ3) is 2.90. The van der Waals surface area contributed by atoms with Crippen molar-refractivity contribution >= 4 is 79.0 Å². The van der Waals surface area contributed by atoms with Gasteiger partial charge >= 0.3 is 5.97 Å². The molecule has 1 aliphatic heterocycles. The molecule has 4 aromatic carbocycles. The van der Waals surface area contributed by atoms with Crippen LogP contribution >= 0.6 is 11.6 Å². The molecule has 2 aromatic heterocycles. The number of amides is 2. The van der Waals surface area contributed by atoms with Crippen LogP contribution < -0.4 is 10.5 Å². The summed E-state index contributed by atoms with van der Waals surface area (Å²) in [6.07, 6.45) is 0. The summed E-state index contributed by atoms with van der Waals surface area (Å²) in [5.41, 5.74) is 0.152. The summed E-state index contributed by atoms with van der Waals surface area (Å²) < 4.78 is 1.29. The van der Waals surface area contributed by atoms with Crippen LogP contribution in [0, 0.1) is 10.1 Å². The lowest BCUT2D eigenvalue weighted by atomic mass is 9.90. The average Bonchev–Trinajstić information content (AvgIpc) is 3.30. The van der Waals surface area contributed by atoms with Crippen LogP contribution in [0.3, 0.4) is 0 Å². The number of carbonyl (C=O) groups is 3. The van der Waals surface area contributed by atoms with Crippen LogP contribution in [-0.2, 0) is 0 Å². The highest BCUT2D eigenvalue weighted by atomic mass is 35.5. The van der Waals surface area contributed by atoms with Gasteiger partial charge in [-0.25, -0.2) is 14.7 Å². The molecule has 0 bridgehead atoms. The lowest BCUT2D eigenvalue weighted by Gasteiger charge is -2.28. The summed E-state index contributed by atoms with van der Waals surface area (Å²) >= 11 is 6.28. The molecule has 12 heteroatoms. The molecule has 6 aromatic rings. The van der Waals surface area contributed by atoms with Crippen molar-refractivity contribution in [2.45, 2.75) is 0 Å². The van der Waals surface area contributed by atoms with Gasteiger partial charge in [0.25, 0.3) is 23.1 Å². The first-order valence-electron chi connectivity index (χ1n) is 11.4. The van der Waals surface area contributed by atoms with Crippen molar-refractivity contribution in [1.82, 2.24) is 9.38 Å². The highest BCUT2D eigenvalue weighted by Crippen LogP contribution is 2.40. The zero-order valence-electron chi connectivity index (χ0n) is 19.3. The van der Waals surface area contributed by atoms with Crippen LogP contribution in [0.15, 0.2) is 65.5 Å². The number of rotatable bonds is 3. The molecule has 11 nitrogen and oxygen atoms in total. The Kier molecular flexibility index (Phi) is 4.41. The number of benzene rings is 4. The van der Waals surface area contributed by atoms with E-state index in [0.29, 0.717) is 16.3 Å². The minimum Gasteiger partial charge on any atom is -0.478 e. The number of nitro groups is 1. The molecule has 0 unspecified atom stereocenters. The number of nitro benzene ring substituents is 1. The van der Waals surface area contributed by atoms with Gasteiger partial charge in [0.1, 0.15) is 5.65 Å². The summed E-state index contributed by atoms with van der Waals surface area (Å²) in [5.74, 6) is -2.72. The van der Waals surface area contributed by atoms with E-state index in [9.17, 15) is 34.4 Å². The quantitative estimate of drug-likeness (QED) is 0.194. The van der Waals surface area contributed by atoms with Gasteiger partial charge in [0.2, 0.25) is 0 Å². The smallest absolute Gasteiger partial charge is 0.335 e. The number of non-ortho nitro benzene ring substituents is 1. The number of imide groups is 1. The molecule has 188 valence electrons. The van der Waals surface area contributed by atoms with Crippen LogP contribution in [0.1, 0.15) is 31.1 Å². The van der Waals surface area contributed by atoms with Crippen molar-refractivity contribution in [3.8, 4) is 0 Å². The maximum Gasteiger partial charge on any atom is 0.335 e. The maximum absolute atomic E-state index is 13.7. The molecule has 0 aliphatic carbocycles. The number of pyridine rings is 1. The molecule has 39 heavy (non-hydrogen) atoms. The zero-order valence-corrected chi connectivity index (χ0v) is 20.1. The van der Waals surface area contributed by atoms with Crippen LogP contribution in [0.5, 0.6) is 0 Å². The number of imidazole rings is 1. The first-order valence-corrected chi connectivity index (χ1v) is 11.8. The number of nitrogens with zero attached hydrogens (tertiary/aromatic N) is 4. The summed E-state index contributed by atoms with van der Waals surface area (Å²) in [4.78, 5) is 68.7. The second kappa shape index (κ2) is 7.55. The molecule has 0 atom stereocenters. The van der Waals surface area contributed by atoms with Crippen molar-refractivity contribution in [3.05, 3.63) is 103 Å². The Morgan fingerprint density at radius 1 is 0.897 bits per heavy atom. The fourth-order valence-electron chi connectivity index (χ4n) is 5.27. The first kappa shape index (κ1) is 22.8. The van der Waals surface area contributed by atoms with Gasteiger partial charge in [-0.1, -0.05) is 11.6 Å². The lowest BCUT2D eigenvalue weighted by molar-refractivity contribution is -0.384. The molecule has 0 spiro atoms. The predicted molar refractivity (Wildman–Crippen MR) is 141 cm³/mol. The van der Waals surface area contributed by atoms with E-state index in [4.69, 9.17) is 11.6 Å². The molecule has 3 heterocycles. The third-order valence-corrected chi connectivity index (χ3v) is 7.30. The van der Waals surface area contributed by atoms with Crippen molar-refractivity contribution in [3.63, 3.8) is 0 Å². The van der Waals surface area contributed by atoms with E-state index in [0.717, 1.165) is 11.0 Å². The fourth-order valence-corrected chi connectivity index (χ4v) is 5.47. The monoisotopic (exact) mass is 538 g/mol. The van der Waals surface area contributed by atoms with Crippen molar-refractivity contribution in [2.24, 2.45) is 0 Å². The van der Waals surface area contributed by atoms with E-state index >= 15 is 0 Å². The van der Waals surface area contributed by atoms with Gasteiger partial charge in [-0.05, 0) is 48.5 Å². The number of anilines is 1. The topological polar surface area (TPSA) is 152 Å². The summed E-state index contributed by atoms with van der Waals surface area (Å²) in [6.45, 7) is 0. The number of aromatic nitrogens is 2. The van der Waals surface area contributed by atoms with Gasteiger partial charge in [-0.3, -0.25) is 28.9 Å². The lowest BCUT2D eigenvalue weighted by Crippen LogP contribution is -2.40. The minimum absolute atomic E-state index is 0.00809. The van der Waals surface area contributed by atoms with E-state index in [-0.39, 0.29) is 55.0 Å². The molecular weight excluding hydrogens is 528 g/mol. The van der Waals surface area contributed by atoms with E-state index < -0.39 is 28.3 Å². The Labute approximate surface area is 220 Å². The normalized spacial score (nSPS) is 13.3. The highest BCUT2D eigenvalue weighted by Gasteiger charge is 2.37. The molecule has 7 rings (SSSR count). The molecule has 1 aliphatic rings. The van der Waals surface area contributed by atoms with Gasteiger partial charge in [0.15, 0.2) is 0 Å². The van der Waals surface area contributed by atoms with Gasteiger partial charge < -0.3 is 5.11 Å². The van der Waals surface area contributed by atoms with Gasteiger partial charge in [-0.15, -0.1) is 0 Å². The number of hydrogen-bond donors (Lipinski definition) is 1. The Hall–Kier alpha value is -5.42. The number of halogens is 1. The summed E-state index contributed by atoms with van der Waals surface area (Å²) in [5, 5.41) is 22.0. The molecular formula is C27H11ClN4O7. The van der Waals surface area contributed by atoms with Crippen LogP contribution in [0.25, 0.3) is 38.2 Å². The Morgan fingerprint density at radius 2 is 1.59 bits per heavy atom. The Morgan fingerprint density at radius 3 is 2.26 bits per heavy atom. The number of hydrogen-bond acceptors (Lipinski definition) is 7. The number of carboxylic acids is 1. The maximum atomic E-state index is 13.7. The standard InChI is InChI=1S/C27H11ClN4O7/c28-17-7-1-11(27(36)37)9-19(17)31-25(34)15-4-3-13-21-14(5-6-16(22(15)21)26(31)35)24(33)30-20-10-12(32(38)39)2-8-18(20)29-23(13)30/h1-10H,(H,36,37). The summed E-state index contributed by atoms with van der Waals surface area (Å²) in [7, 11) is 0. The van der Waals surface area contributed by atoms with Crippen molar-refractivity contribution in [2.75, 3.05) is 4.90 Å². The Bertz CT molecular complexity index is 2200. The average molecular weight is 539 g/mol. The van der Waals surface area contributed by atoms with E-state index in [1.54, 1.807) is 6.07 Å².